The Labute approximate surface area is 112 Å². The van der Waals surface area contributed by atoms with Crippen molar-refractivity contribution in [2.24, 2.45) is 0 Å². The van der Waals surface area contributed by atoms with Gasteiger partial charge in [0.15, 0.2) is 5.65 Å². The average Bonchev–Trinajstić information content (AvgIpc) is 2.82. The number of rotatable bonds is 2. The van der Waals surface area contributed by atoms with Gasteiger partial charge in [-0.05, 0) is 17.7 Å². The number of carboxylic acids is 1. The van der Waals surface area contributed by atoms with Crippen LogP contribution in [-0.4, -0.2) is 25.8 Å². The Morgan fingerprint density at radius 1 is 1.21 bits per heavy atom. The first-order chi connectivity index (χ1) is 9.15. The molecule has 94 valence electrons. The molecule has 0 spiro atoms. The molecule has 0 N–H and O–H groups in total. The van der Waals surface area contributed by atoms with E-state index in [-0.39, 0.29) is 5.69 Å². The summed E-state index contributed by atoms with van der Waals surface area (Å²) >= 11 is 5.83. The SMILES string of the molecule is O=C([O-])c1cn2ncc(-c3ccc(Cl)cc3)c2nn1. The normalized spacial score (nSPS) is 10.8. The van der Waals surface area contributed by atoms with Crippen LogP contribution < -0.4 is 5.11 Å². The molecule has 19 heavy (non-hydrogen) atoms. The summed E-state index contributed by atoms with van der Waals surface area (Å²) in [6.45, 7) is 0. The van der Waals surface area contributed by atoms with E-state index in [1.165, 1.54) is 10.7 Å². The quantitative estimate of drug-likeness (QED) is 0.690. The van der Waals surface area contributed by atoms with Gasteiger partial charge in [-0.3, -0.25) is 0 Å². The van der Waals surface area contributed by atoms with Crippen LogP contribution in [0.15, 0.2) is 36.7 Å². The van der Waals surface area contributed by atoms with Crippen molar-refractivity contribution in [3.8, 4) is 11.1 Å². The van der Waals surface area contributed by atoms with Crippen LogP contribution in [0.5, 0.6) is 0 Å². The van der Waals surface area contributed by atoms with Gasteiger partial charge in [-0.25, -0.2) is 4.52 Å². The molecule has 0 unspecified atom stereocenters. The van der Waals surface area contributed by atoms with Gasteiger partial charge in [-0.1, -0.05) is 23.7 Å². The van der Waals surface area contributed by atoms with Crippen LogP contribution >= 0.6 is 11.6 Å². The lowest BCUT2D eigenvalue weighted by atomic mass is 10.1. The summed E-state index contributed by atoms with van der Waals surface area (Å²) in [6.07, 6.45) is 2.85. The van der Waals surface area contributed by atoms with E-state index in [0.29, 0.717) is 10.7 Å². The van der Waals surface area contributed by atoms with Gasteiger partial charge in [0.25, 0.3) is 0 Å². The van der Waals surface area contributed by atoms with E-state index in [1.807, 2.05) is 12.1 Å². The van der Waals surface area contributed by atoms with Crippen molar-refractivity contribution < 1.29 is 9.90 Å². The number of nitrogens with zero attached hydrogens (tertiary/aromatic N) is 4. The van der Waals surface area contributed by atoms with Gasteiger partial charge in [0.05, 0.1) is 18.4 Å². The molecule has 0 aliphatic carbocycles. The monoisotopic (exact) mass is 273 g/mol. The van der Waals surface area contributed by atoms with Gasteiger partial charge >= 0.3 is 0 Å². The Bertz CT molecular complexity index is 767. The summed E-state index contributed by atoms with van der Waals surface area (Å²) in [7, 11) is 0. The molecule has 3 rings (SSSR count). The van der Waals surface area contributed by atoms with E-state index >= 15 is 0 Å². The molecule has 0 bridgehead atoms. The molecule has 0 fully saturated rings. The molecule has 0 amide bonds. The number of carbonyl (C=O) groups excluding carboxylic acids is 1. The maximum atomic E-state index is 10.7. The zero-order valence-corrected chi connectivity index (χ0v) is 10.2. The Kier molecular flexibility index (Phi) is 2.64. The van der Waals surface area contributed by atoms with Crippen molar-refractivity contribution in [1.82, 2.24) is 19.8 Å². The Morgan fingerprint density at radius 3 is 2.63 bits per heavy atom. The lowest BCUT2D eigenvalue weighted by Crippen LogP contribution is -2.24. The number of hydrogen-bond donors (Lipinski definition) is 0. The molecule has 0 aliphatic rings. The highest BCUT2D eigenvalue weighted by atomic mass is 35.5. The van der Waals surface area contributed by atoms with Gasteiger partial charge < -0.3 is 9.90 Å². The molecule has 7 heteroatoms. The predicted octanol–water partition coefficient (Wildman–Crippen LogP) is 0.808. The molecule has 2 aromatic heterocycles. The van der Waals surface area contributed by atoms with E-state index in [1.54, 1.807) is 18.3 Å². The predicted molar refractivity (Wildman–Crippen MR) is 65.6 cm³/mol. The maximum absolute atomic E-state index is 10.7. The number of halogens is 1. The number of hydrogen-bond acceptors (Lipinski definition) is 5. The van der Waals surface area contributed by atoms with Crippen molar-refractivity contribution in [2.75, 3.05) is 0 Å². The van der Waals surface area contributed by atoms with E-state index in [2.05, 4.69) is 15.3 Å². The molecule has 0 saturated carbocycles. The minimum atomic E-state index is -1.39. The van der Waals surface area contributed by atoms with Gasteiger partial charge in [0.1, 0.15) is 5.69 Å². The fraction of sp³-hybridized carbons (Fsp3) is 0. The van der Waals surface area contributed by atoms with Crippen LogP contribution in [0.1, 0.15) is 10.5 Å². The number of carbonyl (C=O) groups is 1. The third-order valence-corrected chi connectivity index (χ3v) is 2.88. The number of carboxylic acid groups (broad SMARTS) is 1. The third kappa shape index (κ3) is 2.02. The van der Waals surface area contributed by atoms with Gasteiger partial charge in [0.2, 0.25) is 0 Å². The molecule has 0 atom stereocenters. The standard InChI is InChI=1S/C12H7ClN4O2/c13-8-3-1-7(2-4-8)9-5-14-17-6-10(12(18)19)15-16-11(9)17/h1-6H,(H,18,19)/p-1. The Morgan fingerprint density at radius 2 is 1.95 bits per heavy atom. The number of benzene rings is 1. The smallest absolute Gasteiger partial charge is 0.185 e. The minimum absolute atomic E-state index is 0.266. The molecular weight excluding hydrogens is 268 g/mol. The van der Waals surface area contributed by atoms with Crippen LogP contribution in [-0.2, 0) is 0 Å². The first-order valence-corrected chi connectivity index (χ1v) is 5.71. The fourth-order valence-electron chi connectivity index (χ4n) is 1.72. The molecule has 0 saturated heterocycles. The van der Waals surface area contributed by atoms with Crippen molar-refractivity contribution in [3.63, 3.8) is 0 Å². The van der Waals surface area contributed by atoms with E-state index in [0.717, 1.165) is 11.1 Å². The van der Waals surface area contributed by atoms with Crippen molar-refractivity contribution >= 4 is 23.2 Å². The van der Waals surface area contributed by atoms with Crippen molar-refractivity contribution in [1.29, 1.82) is 0 Å². The molecule has 0 aliphatic heterocycles. The topological polar surface area (TPSA) is 83.2 Å². The van der Waals surface area contributed by atoms with Crippen molar-refractivity contribution in [3.05, 3.63) is 47.4 Å². The largest absolute Gasteiger partial charge is 0.543 e. The molecule has 0 radical (unpaired) electrons. The highest BCUT2D eigenvalue weighted by Gasteiger charge is 2.09. The minimum Gasteiger partial charge on any atom is -0.543 e. The Hall–Kier alpha value is -2.47. The van der Waals surface area contributed by atoms with Gasteiger partial charge in [-0.2, -0.15) is 5.10 Å². The second-order valence-corrected chi connectivity index (χ2v) is 4.27. The highest BCUT2D eigenvalue weighted by molar-refractivity contribution is 6.30. The molecular formula is C12H6ClN4O2-. The molecule has 2 heterocycles. The third-order valence-electron chi connectivity index (χ3n) is 2.63. The number of fused-ring (bicyclic) bond motifs is 1. The van der Waals surface area contributed by atoms with Crippen molar-refractivity contribution in [2.45, 2.75) is 0 Å². The summed E-state index contributed by atoms with van der Waals surface area (Å²) in [5.74, 6) is -1.39. The molecule has 3 aromatic rings. The second-order valence-electron chi connectivity index (χ2n) is 3.84. The van der Waals surface area contributed by atoms with Crippen LogP contribution in [0, 0.1) is 0 Å². The average molecular weight is 274 g/mol. The van der Waals surface area contributed by atoms with E-state index in [9.17, 15) is 9.90 Å². The summed E-state index contributed by atoms with van der Waals surface area (Å²) < 4.78 is 1.35. The van der Waals surface area contributed by atoms with E-state index in [4.69, 9.17) is 11.6 Å². The fourth-order valence-corrected chi connectivity index (χ4v) is 1.85. The summed E-state index contributed by atoms with van der Waals surface area (Å²) in [6, 6.07) is 7.16. The lowest BCUT2D eigenvalue weighted by Gasteiger charge is -2.01. The highest BCUT2D eigenvalue weighted by Crippen LogP contribution is 2.24. The van der Waals surface area contributed by atoms with Crippen LogP contribution in [0.4, 0.5) is 0 Å². The lowest BCUT2D eigenvalue weighted by molar-refractivity contribution is -0.255. The molecule has 6 nitrogen and oxygen atoms in total. The van der Waals surface area contributed by atoms with Crippen LogP contribution in [0.2, 0.25) is 5.02 Å². The molecule has 1 aromatic carbocycles. The first kappa shape index (κ1) is 11.6. The first-order valence-electron chi connectivity index (χ1n) is 5.33. The zero-order valence-electron chi connectivity index (χ0n) is 9.45. The van der Waals surface area contributed by atoms with E-state index < -0.39 is 5.97 Å². The maximum Gasteiger partial charge on any atom is 0.185 e. The summed E-state index contributed by atoms with van der Waals surface area (Å²) in [5, 5.41) is 22.8. The number of aromatic carboxylic acids is 1. The summed E-state index contributed by atoms with van der Waals surface area (Å²) in [4.78, 5) is 10.7. The second kappa shape index (κ2) is 4.33. The van der Waals surface area contributed by atoms with Crippen LogP contribution in [0.3, 0.4) is 0 Å². The van der Waals surface area contributed by atoms with Gasteiger partial charge in [-0.15, -0.1) is 10.2 Å². The van der Waals surface area contributed by atoms with Crippen LogP contribution in [0.25, 0.3) is 16.8 Å². The number of aromatic nitrogens is 4. The Balaban J connectivity index is 2.15. The summed E-state index contributed by atoms with van der Waals surface area (Å²) in [5.41, 5.74) is 1.81. The zero-order chi connectivity index (χ0) is 13.4. The van der Waals surface area contributed by atoms with Gasteiger partial charge in [0, 0.05) is 10.6 Å².